The second-order valence-electron chi connectivity index (χ2n) is 6.25. The van der Waals surface area contributed by atoms with Crippen molar-refractivity contribution in [1.29, 1.82) is 0 Å². The van der Waals surface area contributed by atoms with Crippen LogP contribution in [0.5, 0.6) is 0 Å². The standard InChI is InChI=1S/C19H18F3N3O/c1-24(11-13-2-7-16(21)17(22)10-13)12-25-19(26)9-8-18(23-25)14-3-5-15(20)6-4-14/h2-7,10H,8-9,11-12H2,1H3. The lowest BCUT2D eigenvalue weighted by molar-refractivity contribution is -0.133. The van der Waals surface area contributed by atoms with Gasteiger partial charge in [0, 0.05) is 19.4 Å². The van der Waals surface area contributed by atoms with Gasteiger partial charge in [-0.25, -0.2) is 18.2 Å². The molecule has 0 unspecified atom stereocenters. The zero-order chi connectivity index (χ0) is 18.7. The van der Waals surface area contributed by atoms with Gasteiger partial charge < -0.3 is 0 Å². The van der Waals surface area contributed by atoms with E-state index in [-0.39, 0.29) is 18.4 Å². The number of carbonyl (C=O) groups excluding carboxylic acids is 1. The highest BCUT2D eigenvalue weighted by Gasteiger charge is 2.22. The number of hydrogen-bond acceptors (Lipinski definition) is 3. The van der Waals surface area contributed by atoms with Crippen molar-refractivity contribution in [2.24, 2.45) is 5.10 Å². The van der Waals surface area contributed by atoms with Crippen molar-refractivity contribution in [2.75, 3.05) is 13.7 Å². The lowest BCUT2D eigenvalue weighted by Gasteiger charge is -2.28. The Labute approximate surface area is 149 Å². The number of hydrogen-bond donors (Lipinski definition) is 0. The molecule has 0 spiro atoms. The summed E-state index contributed by atoms with van der Waals surface area (Å²) in [6.07, 6.45) is 0.809. The fourth-order valence-electron chi connectivity index (χ4n) is 2.79. The van der Waals surface area contributed by atoms with E-state index in [0.717, 1.165) is 17.7 Å². The quantitative estimate of drug-likeness (QED) is 0.817. The van der Waals surface area contributed by atoms with Crippen LogP contribution in [0.1, 0.15) is 24.0 Å². The normalized spacial score (nSPS) is 14.7. The van der Waals surface area contributed by atoms with Crippen molar-refractivity contribution in [3.63, 3.8) is 0 Å². The third kappa shape index (κ3) is 4.29. The maximum atomic E-state index is 13.3. The summed E-state index contributed by atoms with van der Waals surface area (Å²) in [5.41, 5.74) is 2.08. The molecule has 136 valence electrons. The predicted molar refractivity (Wildman–Crippen MR) is 91.7 cm³/mol. The predicted octanol–water partition coefficient (Wildman–Crippen LogP) is 3.52. The molecule has 0 radical (unpaired) electrons. The maximum absolute atomic E-state index is 13.3. The van der Waals surface area contributed by atoms with E-state index >= 15 is 0 Å². The van der Waals surface area contributed by atoms with Crippen molar-refractivity contribution in [3.8, 4) is 0 Å². The number of amides is 1. The number of halogens is 3. The first-order valence-electron chi connectivity index (χ1n) is 8.18. The third-order valence-electron chi connectivity index (χ3n) is 4.09. The lowest BCUT2D eigenvalue weighted by Crippen LogP contribution is -2.39. The molecule has 26 heavy (non-hydrogen) atoms. The molecule has 3 rings (SSSR count). The Morgan fingerprint density at radius 3 is 2.46 bits per heavy atom. The van der Waals surface area contributed by atoms with Crippen molar-refractivity contribution >= 4 is 11.6 Å². The molecule has 1 amide bonds. The average molecular weight is 361 g/mol. The van der Waals surface area contributed by atoms with Gasteiger partial charge in [-0.3, -0.25) is 9.69 Å². The molecule has 0 fully saturated rings. The zero-order valence-electron chi connectivity index (χ0n) is 14.3. The molecule has 2 aromatic rings. The SMILES string of the molecule is CN(Cc1ccc(F)c(F)c1)CN1N=C(c2ccc(F)cc2)CCC1=O. The minimum Gasteiger partial charge on any atom is -0.283 e. The molecular weight excluding hydrogens is 343 g/mol. The van der Waals surface area contributed by atoms with Crippen LogP contribution in [0.15, 0.2) is 47.6 Å². The molecule has 7 heteroatoms. The summed E-state index contributed by atoms with van der Waals surface area (Å²) in [7, 11) is 1.76. The van der Waals surface area contributed by atoms with Crippen molar-refractivity contribution in [1.82, 2.24) is 9.91 Å². The Balaban J connectivity index is 1.70. The van der Waals surface area contributed by atoms with Crippen LogP contribution in [0, 0.1) is 17.5 Å². The van der Waals surface area contributed by atoms with Crippen LogP contribution < -0.4 is 0 Å². The highest BCUT2D eigenvalue weighted by molar-refractivity contribution is 6.04. The monoisotopic (exact) mass is 361 g/mol. The van der Waals surface area contributed by atoms with Gasteiger partial charge in [-0.05, 0) is 42.4 Å². The third-order valence-corrected chi connectivity index (χ3v) is 4.09. The van der Waals surface area contributed by atoms with Gasteiger partial charge in [-0.1, -0.05) is 18.2 Å². The molecule has 0 atom stereocenters. The summed E-state index contributed by atoms with van der Waals surface area (Å²) in [4.78, 5) is 13.9. The molecule has 4 nitrogen and oxygen atoms in total. The summed E-state index contributed by atoms with van der Waals surface area (Å²) in [6.45, 7) is 0.547. The zero-order valence-corrected chi connectivity index (χ0v) is 14.3. The topological polar surface area (TPSA) is 35.9 Å². The number of rotatable bonds is 5. The van der Waals surface area contributed by atoms with Gasteiger partial charge in [-0.15, -0.1) is 0 Å². The fourth-order valence-corrected chi connectivity index (χ4v) is 2.79. The highest BCUT2D eigenvalue weighted by atomic mass is 19.2. The smallest absolute Gasteiger partial charge is 0.244 e. The van der Waals surface area contributed by atoms with E-state index in [0.29, 0.717) is 30.7 Å². The number of nitrogens with zero attached hydrogens (tertiary/aromatic N) is 3. The minimum absolute atomic E-state index is 0.118. The second kappa shape index (κ2) is 7.70. The van der Waals surface area contributed by atoms with E-state index in [1.165, 1.54) is 23.2 Å². The van der Waals surface area contributed by atoms with Crippen LogP contribution >= 0.6 is 0 Å². The number of carbonyl (C=O) groups is 1. The van der Waals surface area contributed by atoms with Gasteiger partial charge in [0.2, 0.25) is 5.91 Å². The fraction of sp³-hybridized carbons (Fsp3) is 0.263. The first-order valence-corrected chi connectivity index (χ1v) is 8.18. The first-order chi connectivity index (χ1) is 12.4. The Hall–Kier alpha value is -2.67. The summed E-state index contributed by atoms with van der Waals surface area (Å²) < 4.78 is 39.4. The maximum Gasteiger partial charge on any atom is 0.244 e. The van der Waals surface area contributed by atoms with Crippen LogP contribution in [0.4, 0.5) is 13.2 Å². The molecule has 0 saturated carbocycles. The number of benzene rings is 2. The van der Waals surface area contributed by atoms with E-state index in [1.54, 1.807) is 24.1 Å². The van der Waals surface area contributed by atoms with Crippen LogP contribution in [-0.2, 0) is 11.3 Å². The second-order valence-corrected chi connectivity index (χ2v) is 6.25. The Bertz CT molecular complexity index is 836. The molecule has 0 bridgehead atoms. The Morgan fingerprint density at radius 2 is 1.77 bits per heavy atom. The van der Waals surface area contributed by atoms with Crippen molar-refractivity contribution in [3.05, 3.63) is 71.0 Å². The lowest BCUT2D eigenvalue weighted by atomic mass is 10.0. The van der Waals surface area contributed by atoms with E-state index in [9.17, 15) is 18.0 Å². The molecule has 0 N–H and O–H groups in total. The van der Waals surface area contributed by atoms with E-state index in [4.69, 9.17) is 0 Å². The van der Waals surface area contributed by atoms with Crippen molar-refractivity contribution < 1.29 is 18.0 Å². The first kappa shape index (κ1) is 18.1. The summed E-state index contributed by atoms with van der Waals surface area (Å²) in [5.74, 6) is -2.24. The molecule has 0 saturated heterocycles. The van der Waals surface area contributed by atoms with Crippen molar-refractivity contribution in [2.45, 2.75) is 19.4 Å². The van der Waals surface area contributed by atoms with Crippen LogP contribution in [0.25, 0.3) is 0 Å². The molecule has 0 aromatic heterocycles. The minimum atomic E-state index is -0.901. The van der Waals surface area contributed by atoms with Crippen LogP contribution in [0.3, 0.4) is 0 Å². The van der Waals surface area contributed by atoms with Gasteiger partial charge in [0.15, 0.2) is 11.6 Å². The Morgan fingerprint density at radius 1 is 1.04 bits per heavy atom. The van der Waals surface area contributed by atoms with Gasteiger partial charge in [0.05, 0.1) is 12.4 Å². The average Bonchev–Trinajstić information content (AvgIpc) is 2.61. The number of hydrazone groups is 1. The van der Waals surface area contributed by atoms with Crippen LogP contribution in [0.2, 0.25) is 0 Å². The Kier molecular flexibility index (Phi) is 5.37. The van der Waals surface area contributed by atoms with E-state index in [2.05, 4.69) is 5.10 Å². The van der Waals surface area contributed by atoms with Crippen LogP contribution in [-0.4, -0.2) is 35.2 Å². The molecule has 0 aliphatic carbocycles. The van der Waals surface area contributed by atoms with Gasteiger partial charge >= 0.3 is 0 Å². The van der Waals surface area contributed by atoms with Gasteiger partial charge in [-0.2, -0.15) is 5.10 Å². The molecule has 1 aliphatic rings. The molecule has 1 heterocycles. The molecule has 2 aromatic carbocycles. The largest absolute Gasteiger partial charge is 0.283 e. The summed E-state index contributed by atoms with van der Waals surface area (Å²) in [5, 5.41) is 5.73. The highest BCUT2D eigenvalue weighted by Crippen LogP contribution is 2.17. The van der Waals surface area contributed by atoms with Gasteiger partial charge in [0.25, 0.3) is 0 Å². The van der Waals surface area contributed by atoms with Gasteiger partial charge in [0.1, 0.15) is 5.82 Å². The summed E-state index contributed by atoms with van der Waals surface area (Å²) >= 11 is 0. The van der Waals surface area contributed by atoms with E-state index in [1.807, 2.05) is 0 Å². The molecular formula is C19H18F3N3O. The molecule has 1 aliphatic heterocycles. The summed E-state index contributed by atoms with van der Waals surface area (Å²) in [6, 6.07) is 9.69. The van der Waals surface area contributed by atoms with E-state index < -0.39 is 11.6 Å².